The molecule has 0 atom stereocenters. The van der Waals surface area contributed by atoms with E-state index in [2.05, 4.69) is 46.8 Å². The second-order valence-corrected chi connectivity index (χ2v) is 5.93. The van der Waals surface area contributed by atoms with Gasteiger partial charge in [-0.1, -0.05) is 13.8 Å². The summed E-state index contributed by atoms with van der Waals surface area (Å²) in [6.07, 6.45) is 3.06. The third-order valence-corrected chi connectivity index (χ3v) is 3.48. The number of hydrogen-bond donors (Lipinski definition) is 1. The maximum atomic E-state index is 8.68. The average Bonchev–Trinajstić information content (AvgIpc) is 2.97. The van der Waals surface area contributed by atoms with Gasteiger partial charge in [0.2, 0.25) is 0 Å². The Hall–Kier alpha value is -2.42. The molecule has 0 saturated carbocycles. The lowest BCUT2D eigenvalue weighted by molar-refractivity contribution is 0.364. The molecule has 6 nitrogen and oxygen atoms in total. The maximum absolute atomic E-state index is 8.68. The molecule has 6 heteroatoms. The van der Waals surface area contributed by atoms with Crippen molar-refractivity contribution in [2.75, 3.05) is 11.9 Å². The highest BCUT2D eigenvalue weighted by Gasteiger charge is 2.17. The van der Waals surface area contributed by atoms with Crippen LogP contribution >= 0.6 is 0 Å². The summed E-state index contributed by atoms with van der Waals surface area (Å²) in [7, 11) is 0. The van der Waals surface area contributed by atoms with Gasteiger partial charge in [0.05, 0.1) is 11.8 Å². The summed E-state index contributed by atoms with van der Waals surface area (Å²) >= 11 is 0. The molecule has 0 fully saturated rings. The van der Waals surface area contributed by atoms with E-state index in [1.165, 1.54) is 0 Å². The molecule has 0 aliphatic heterocycles. The fraction of sp³-hybridized carbons (Fsp3) is 0.467. The number of aromatic nitrogens is 4. The van der Waals surface area contributed by atoms with Crippen LogP contribution in [-0.2, 0) is 0 Å². The zero-order valence-corrected chi connectivity index (χ0v) is 12.7. The van der Waals surface area contributed by atoms with E-state index in [9.17, 15) is 0 Å². The second kappa shape index (κ2) is 6.35. The van der Waals surface area contributed by atoms with Gasteiger partial charge in [-0.3, -0.25) is 0 Å². The van der Waals surface area contributed by atoms with Gasteiger partial charge in [0.25, 0.3) is 0 Å². The van der Waals surface area contributed by atoms with E-state index in [0.717, 1.165) is 29.9 Å². The van der Waals surface area contributed by atoms with Gasteiger partial charge in [-0.2, -0.15) is 5.26 Å². The van der Waals surface area contributed by atoms with E-state index in [1.807, 2.05) is 19.1 Å². The van der Waals surface area contributed by atoms with Crippen LogP contribution in [0.3, 0.4) is 0 Å². The first kappa shape index (κ1) is 15.0. The van der Waals surface area contributed by atoms with Crippen LogP contribution < -0.4 is 5.32 Å². The van der Waals surface area contributed by atoms with Gasteiger partial charge >= 0.3 is 0 Å². The second-order valence-electron chi connectivity index (χ2n) is 5.93. The molecule has 0 unspecified atom stereocenters. The standard InChI is InChI=1S/C15H20N6/c1-12-9-13(17-10-15(2,3)7-4-8-16)5-6-14(12)21-11-18-19-20-21/h5-6,9,11,17H,4,7,10H2,1-3H3. The molecular weight excluding hydrogens is 264 g/mol. The van der Waals surface area contributed by atoms with Crippen LogP contribution in [0, 0.1) is 23.7 Å². The van der Waals surface area contributed by atoms with Gasteiger partial charge in [-0.05, 0) is 52.9 Å². The van der Waals surface area contributed by atoms with Gasteiger partial charge in [0.15, 0.2) is 0 Å². The molecule has 0 aliphatic carbocycles. The SMILES string of the molecule is Cc1cc(NCC(C)(C)CCC#N)ccc1-n1cnnn1. The molecule has 1 aromatic heterocycles. The van der Waals surface area contributed by atoms with E-state index < -0.39 is 0 Å². The predicted octanol–water partition coefficient (Wildman–Crippen LogP) is 2.71. The molecule has 110 valence electrons. The maximum Gasteiger partial charge on any atom is 0.143 e. The third kappa shape index (κ3) is 4.02. The Balaban J connectivity index is 2.03. The van der Waals surface area contributed by atoms with Crippen LogP contribution in [0.1, 0.15) is 32.3 Å². The summed E-state index contributed by atoms with van der Waals surface area (Å²) in [6.45, 7) is 7.20. The number of nitriles is 1. The number of benzene rings is 1. The first-order valence-electron chi connectivity index (χ1n) is 6.97. The number of nitrogens with zero attached hydrogens (tertiary/aromatic N) is 5. The van der Waals surface area contributed by atoms with Crippen molar-refractivity contribution >= 4 is 5.69 Å². The highest BCUT2D eigenvalue weighted by molar-refractivity contribution is 5.53. The Bertz CT molecular complexity index is 624. The van der Waals surface area contributed by atoms with Crippen molar-refractivity contribution in [2.45, 2.75) is 33.6 Å². The highest BCUT2D eigenvalue weighted by atomic mass is 15.5. The van der Waals surface area contributed by atoms with Crippen LogP contribution in [0.4, 0.5) is 5.69 Å². The molecule has 0 saturated heterocycles. The predicted molar refractivity (Wildman–Crippen MR) is 81.0 cm³/mol. The Morgan fingerprint density at radius 2 is 2.19 bits per heavy atom. The minimum absolute atomic E-state index is 0.0954. The van der Waals surface area contributed by atoms with Crippen LogP contribution in [0.5, 0.6) is 0 Å². The Morgan fingerprint density at radius 3 is 2.81 bits per heavy atom. The minimum Gasteiger partial charge on any atom is -0.384 e. The summed E-state index contributed by atoms with van der Waals surface area (Å²) in [5.41, 5.74) is 3.23. The van der Waals surface area contributed by atoms with Crippen LogP contribution in [0.25, 0.3) is 5.69 Å². The number of rotatable bonds is 6. The van der Waals surface area contributed by atoms with E-state index in [4.69, 9.17) is 5.26 Å². The van der Waals surface area contributed by atoms with Crippen molar-refractivity contribution in [1.29, 1.82) is 5.26 Å². The lowest BCUT2D eigenvalue weighted by Crippen LogP contribution is -2.23. The number of nitrogens with one attached hydrogen (secondary N) is 1. The Morgan fingerprint density at radius 1 is 1.38 bits per heavy atom. The van der Waals surface area contributed by atoms with Crippen molar-refractivity contribution in [2.24, 2.45) is 5.41 Å². The van der Waals surface area contributed by atoms with Crippen molar-refractivity contribution in [1.82, 2.24) is 20.2 Å². The number of anilines is 1. The Kier molecular flexibility index (Phi) is 4.53. The molecule has 2 aromatic rings. The van der Waals surface area contributed by atoms with E-state index >= 15 is 0 Å². The van der Waals surface area contributed by atoms with Crippen molar-refractivity contribution in [3.63, 3.8) is 0 Å². The van der Waals surface area contributed by atoms with Crippen LogP contribution in [0.2, 0.25) is 0 Å². The number of aryl methyl sites for hydroxylation is 1. The van der Waals surface area contributed by atoms with Crippen LogP contribution in [0.15, 0.2) is 24.5 Å². The molecule has 1 N–H and O–H groups in total. The van der Waals surface area contributed by atoms with Crippen molar-refractivity contribution in [3.8, 4) is 11.8 Å². The topological polar surface area (TPSA) is 79.4 Å². The molecule has 0 bridgehead atoms. The van der Waals surface area contributed by atoms with E-state index in [1.54, 1.807) is 11.0 Å². The summed E-state index contributed by atoms with van der Waals surface area (Å²) in [6, 6.07) is 8.30. The van der Waals surface area contributed by atoms with Gasteiger partial charge in [0, 0.05) is 18.7 Å². The summed E-state index contributed by atoms with van der Waals surface area (Å²) in [5, 5.41) is 23.3. The fourth-order valence-corrected chi connectivity index (χ4v) is 2.12. The fourth-order valence-electron chi connectivity index (χ4n) is 2.12. The summed E-state index contributed by atoms with van der Waals surface area (Å²) in [4.78, 5) is 0. The highest BCUT2D eigenvalue weighted by Crippen LogP contribution is 2.24. The van der Waals surface area contributed by atoms with Crippen LogP contribution in [-0.4, -0.2) is 26.8 Å². The van der Waals surface area contributed by atoms with Gasteiger partial charge in [0.1, 0.15) is 6.33 Å². The smallest absolute Gasteiger partial charge is 0.143 e. The number of tetrazole rings is 1. The van der Waals surface area contributed by atoms with Crippen molar-refractivity contribution in [3.05, 3.63) is 30.1 Å². The normalized spacial score (nSPS) is 11.1. The van der Waals surface area contributed by atoms with Gasteiger partial charge < -0.3 is 5.32 Å². The van der Waals surface area contributed by atoms with E-state index in [-0.39, 0.29) is 5.41 Å². The zero-order valence-electron chi connectivity index (χ0n) is 12.7. The lowest BCUT2D eigenvalue weighted by Gasteiger charge is -2.24. The molecule has 2 rings (SSSR count). The first-order chi connectivity index (χ1) is 10.0. The zero-order chi connectivity index (χ0) is 15.3. The molecular formula is C15H20N6. The van der Waals surface area contributed by atoms with Gasteiger partial charge in [-0.25, -0.2) is 4.68 Å². The largest absolute Gasteiger partial charge is 0.384 e. The van der Waals surface area contributed by atoms with Crippen molar-refractivity contribution < 1.29 is 0 Å². The third-order valence-electron chi connectivity index (χ3n) is 3.48. The number of hydrogen-bond acceptors (Lipinski definition) is 5. The average molecular weight is 284 g/mol. The monoisotopic (exact) mass is 284 g/mol. The molecule has 0 amide bonds. The summed E-state index contributed by atoms with van der Waals surface area (Å²) < 4.78 is 1.65. The molecule has 0 aliphatic rings. The van der Waals surface area contributed by atoms with E-state index in [0.29, 0.717) is 6.42 Å². The lowest BCUT2D eigenvalue weighted by atomic mass is 9.88. The Labute approximate surface area is 124 Å². The summed E-state index contributed by atoms with van der Waals surface area (Å²) in [5.74, 6) is 0. The van der Waals surface area contributed by atoms with Gasteiger partial charge in [-0.15, -0.1) is 5.10 Å². The molecule has 0 radical (unpaired) electrons. The minimum atomic E-state index is 0.0954. The quantitative estimate of drug-likeness (QED) is 0.882. The molecule has 21 heavy (non-hydrogen) atoms. The molecule has 1 aromatic carbocycles. The first-order valence-corrected chi connectivity index (χ1v) is 6.97. The molecule has 1 heterocycles. The molecule has 0 spiro atoms.